The summed E-state index contributed by atoms with van der Waals surface area (Å²) in [6, 6.07) is 0. The van der Waals surface area contributed by atoms with Crippen LogP contribution in [0.4, 0.5) is 0 Å². The molecule has 0 saturated carbocycles. The van der Waals surface area contributed by atoms with Gasteiger partial charge in [0.1, 0.15) is 0 Å². The molecule has 4 heteroatoms. The Hall–Kier alpha value is 0.560. The molecule has 2 nitrogen and oxygen atoms in total. The van der Waals surface area contributed by atoms with Gasteiger partial charge in [0.05, 0.1) is 11.9 Å². The molecular weight excluding hydrogens is 122 g/mol. The third kappa shape index (κ3) is 23.7. The van der Waals surface area contributed by atoms with Gasteiger partial charge < -0.3 is 5.73 Å². The molecule has 0 aliphatic rings. The Morgan fingerprint density at radius 2 is 1.83 bits per heavy atom. The Balaban J connectivity index is 0. The van der Waals surface area contributed by atoms with Gasteiger partial charge in [0.2, 0.25) is 0 Å². The number of hydrogen-bond donors (Lipinski definition) is 3. The molecule has 40 valence electrons. The summed E-state index contributed by atoms with van der Waals surface area (Å²) < 4.78 is 6.47. The van der Waals surface area contributed by atoms with Crippen molar-refractivity contribution >= 4 is 24.5 Å². The van der Waals surface area contributed by atoms with Gasteiger partial charge >= 0.3 is 0 Å². The van der Waals surface area contributed by atoms with Crippen molar-refractivity contribution in [1.82, 2.24) is 0 Å². The summed E-state index contributed by atoms with van der Waals surface area (Å²) >= 11 is 7.43. The zero-order valence-corrected chi connectivity index (χ0v) is 4.91. The third-order valence-corrected chi connectivity index (χ3v) is 0.387. The second-order valence-corrected chi connectivity index (χ2v) is 0.959. The van der Waals surface area contributed by atoms with Crippen molar-refractivity contribution in [2.75, 3.05) is 12.3 Å². The first kappa shape index (κ1) is 9.75. The van der Waals surface area contributed by atoms with E-state index in [-0.39, 0.29) is 0 Å². The number of hydrogen-bond acceptors (Lipinski definition) is 3. The van der Waals surface area contributed by atoms with E-state index in [4.69, 9.17) is 10.4 Å². The van der Waals surface area contributed by atoms with Crippen LogP contribution < -0.4 is 5.73 Å². The van der Waals surface area contributed by atoms with Gasteiger partial charge in [0, 0.05) is 12.3 Å². The topological polar surface area (TPSA) is 46.2 Å². The van der Waals surface area contributed by atoms with E-state index in [0.29, 0.717) is 6.54 Å². The molecule has 0 atom stereocenters. The smallest absolute Gasteiger partial charge is 0.0579 e. The summed E-state index contributed by atoms with van der Waals surface area (Å²) in [5.74, 6) is 0.792. The summed E-state index contributed by atoms with van der Waals surface area (Å²) in [6.07, 6.45) is 0. The highest BCUT2D eigenvalue weighted by Crippen LogP contribution is 1.58. The van der Waals surface area contributed by atoms with Gasteiger partial charge in [-0.3, -0.25) is 4.66 Å². The van der Waals surface area contributed by atoms with Gasteiger partial charge in [-0.1, -0.05) is 0 Å². The monoisotopic (exact) mass is 129 g/mol. The fourth-order valence-electron chi connectivity index (χ4n) is 0. The summed E-state index contributed by atoms with van der Waals surface area (Å²) in [4.78, 5) is 0. The van der Waals surface area contributed by atoms with Gasteiger partial charge in [0.15, 0.2) is 0 Å². The minimum Gasteiger partial charge on any atom is -0.330 e. The van der Waals surface area contributed by atoms with Crippen molar-refractivity contribution in [3.8, 4) is 0 Å². The Kier molecular flexibility index (Phi) is 28.7. The Labute approximate surface area is 47.9 Å². The lowest BCUT2D eigenvalue weighted by atomic mass is 10.8. The Morgan fingerprint density at radius 3 is 1.83 bits per heavy atom. The summed E-state index contributed by atoms with van der Waals surface area (Å²) in [7, 11) is 0. The lowest BCUT2D eigenvalue weighted by Gasteiger charge is -1.69. The molecule has 0 aliphatic heterocycles. The normalized spacial score (nSPS) is 6.00. The summed E-state index contributed by atoms with van der Waals surface area (Å²) in [6.45, 7) is 0.684. The third-order valence-electron chi connectivity index (χ3n) is 0.129. The fraction of sp³-hybridized carbons (Fsp3) is 1.00. The van der Waals surface area contributed by atoms with Gasteiger partial charge in [0.25, 0.3) is 0 Å². The van der Waals surface area contributed by atoms with Crippen LogP contribution >= 0.6 is 24.5 Å². The van der Waals surface area contributed by atoms with Crippen molar-refractivity contribution in [2.45, 2.75) is 0 Å². The second-order valence-electron chi connectivity index (χ2n) is 0.512. The average molecular weight is 130 g/mol. The highest BCUT2D eigenvalue weighted by molar-refractivity contribution is 7.80. The van der Waals surface area contributed by atoms with E-state index in [1.54, 1.807) is 0 Å². The van der Waals surface area contributed by atoms with E-state index in [2.05, 4.69) is 24.5 Å². The minimum atomic E-state index is 0.684. The molecule has 0 amide bonds. The van der Waals surface area contributed by atoms with Crippen molar-refractivity contribution in [3.63, 3.8) is 0 Å². The van der Waals surface area contributed by atoms with Crippen LogP contribution in [0.5, 0.6) is 0 Å². The number of rotatable bonds is 1. The zero-order chi connectivity index (χ0) is 5.41. The van der Waals surface area contributed by atoms with E-state index < -0.39 is 0 Å². The highest BCUT2D eigenvalue weighted by Gasteiger charge is 1.56. The molecular formula is C2H8ClNOS. The standard InChI is InChI=1S/C2H7NS.ClHO/c3-1-2-4;1-2/h4H,1-3H2;2H. The average Bonchev–Trinajstić information content (AvgIpc) is 1.72. The van der Waals surface area contributed by atoms with Crippen molar-refractivity contribution in [3.05, 3.63) is 0 Å². The van der Waals surface area contributed by atoms with E-state index >= 15 is 0 Å². The zero-order valence-electron chi connectivity index (χ0n) is 3.26. The first-order valence-corrected chi connectivity index (χ1v) is 2.36. The lowest BCUT2D eigenvalue weighted by molar-refractivity contribution is 0.632. The molecule has 0 aromatic carbocycles. The molecule has 0 saturated heterocycles. The van der Waals surface area contributed by atoms with Gasteiger partial charge in [-0.2, -0.15) is 12.6 Å². The van der Waals surface area contributed by atoms with E-state index in [0.717, 1.165) is 5.75 Å². The first-order valence-electron chi connectivity index (χ1n) is 1.39. The molecule has 6 heavy (non-hydrogen) atoms. The Morgan fingerprint density at radius 1 is 1.67 bits per heavy atom. The van der Waals surface area contributed by atoms with Crippen LogP contribution in [0.3, 0.4) is 0 Å². The van der Waals surface area contributed by atoms with Crippen molar-refractivity contribution in [1.29, 1.82) is 0 Å². The van der Waals surface area contributed by atoms with Gasteiger partial charge in [-0.05, 0) is 0 Å². The van der Waals surface area contributed by atoms with Gasteiger partial charge in [-0.15, -0.1) is 0 Å². The van der Waals surface area contributed by atoms with Crippen LogP contribution in [0.15, 0.2) is 0 Å². The molecule has 0 spiro atoms. The molecule has 0 radical (unpaired) electrons. The molecule has 0 heterocycles. The Bertz CT molecular complexity index is 15.5. The van der Waals surface area contributed by atoms with Crippen LogP contribution in [-0.4, -0.2) is 17.0 Å². The van der Waals surface area contributed by atoms with Crippen LogP contribution in [0.25, 0.3) is 0 Å². The summed E-state index contributed by atoms with van der Waals surface area (Å²) in [5, 5.41) is 0. The minimum absolute atomic E-state index is 0.684. The molecule has 0 aromatic rings. The predicted octanol–water partition coefficient (Wildman–Crippen LogP) is 0.00740. The molecule has 0 fully saturated rings. The predicted molar refractivity (Wildman–Crippen MR) is 31.0 cm³/mol. The first-order chi connectivity index (χ1) is 2.91. The molecule has 0 rings (SSSR count). The van der Waals surface area contributed by atoms with Crippen LogP contribution in [0, 0.1) is 0 Å². The quantitative estimate of drug-likeness (QED) is 0.437. The highest BCUT2D eigenvalue weighted by atomic mass is 35.5. The largest absolute Gasteiger partial charge is 0.330 e. The number of halogens is 1. The maximum Gasteiger partial charge on any atom is 0.0579 e. The summed E-state index contributed by atoms with van der Waals surface area (Å²) in [5.41, 5.74) is 4.95. The maximum atomic E-state index is 6.47. The number of thiol groups is 1. The molecule has 0 aliphatic carbocycles. The second kappa shape index (κ2) is 17.6. The molecule has 0 bridgehead atoms. The fourth-order valence-corrected chi connectivity index (χ4v) is 0. The van der Waals surface area contributed by atoms with Crippen molar-refractivity contribution in [2.24, 2.45) is 5.73 Å². The SMILES string of the molecule is NCCS.OCl. The van der Waals surface area contributed by atoms with E-state index in [1.165, 1.54) is 0 Å². The van der Waals surface area contributed by atoms with Crippen LogP contribution in [0.1, 0.15) is 0 Å². The maximum absolute atomic E-state index is 6.47. The van der Waals surface area contributed by atoms with Crippen molar-refractivity contribution < 1.29 is 4.66 Å². The van der Waals surface area contributed by atoms with E-state index in [9.17, 15) is 0 Å². The number of nitrogens with two attached hydrogens (primary N) is 1. The van der Waals surface area contributed by atoms with Gasteiger partial charge in [-0.25, -0.2) is 0 Å². The van der Waals surface area contributed by atoms with Crippen LogP contribution in [-0.2, 0) is 0 Å². The molecule has 3 N–H and O–H groups in total. The van der Waals surface area contributed by atoms with E-state index in [1.807, 2.05) is 0 Å². The lowest BCUT2D eigenvalue weighted by Crippen LogP contribution is -1.97. The molecule has 0 unspecified atom stereocenters. The molecule has 0 aromatic heterocycles. The van der Waals surface area contributed by atoms with Crippen LogP contribution in [0.2, 0.25) is 0 Å².